The first kappa shape index (κ1) is 25.5. The summed E-state index contributed by atoms with van der Waals surface area (Å²) in [5.74, 6) is -1.95. The van der Waals surface area contributed by atoms with E-state index in [1.54, 1.807) is 0 Å². The zero-order valence-corrected chi connectivity index (χ0v) is 20.7. The standard InChI is InChI=1S/C26H26N2O7S/c1-17(29)34-15-20-16-36-25-26(33-2,27-21(30)13-18-9-5-3-6-10-18)24(32)28(25)22(20)23(31)35-14-19-11-7-4-8-12-19/h3-12,25H,13-16H2,1-2H3,(H,27,30)/t25-,26?/m0/s1. The van der Waals surface area contributed by atoms with Gasteiger partial charge in [0, 0.05) is 25.4 Å². The average Bonchev–Trinajstić information content (AvgIpc) is 2.89. The molecule has 1 unspecified atom stereocenters. The van der Waals surface area contributed by atoms with Crippen LogP contribution in [0.3, 0.4) is 0 Å². The summed E-state index contributed by atoms with van der Waals surface area (Å²) in [6.45, 7) is 1.11. The highest BCUT2D eigenvalue weighted by molar-refractivity contribution is 8.00. The normalized spacial score (nSPS) is 20.8. The minimum Gasteiger partial charge on any atom is -0.461 e. The highest BCUT2D eigenvalue weighted by Gasteiger charge is 2.66. The van der Waals surface area contributed by atoms with Gasteiger partial charge < -0.3 is 19.5 Å². The predicted molar refractivity (Wildman–Crippen MR) is 131 cm³/mol. The first-order chi connectivity index (χ1) is 17.4. The van der Waals surface area contributed by atoms with Crippen LogP contribution < -0.4 is 5.32 Å². The molecule has 4 rings (SSSR count). The van der Waals surface area contributed by atoms with E-state index < -0.39 is 28.9 Å². The quantitative estimate of drug-likeness (QED) is 0.310. The van der Waals surface area contributed by atoms with Crippen LogP contribution in [0.1, 0.15) is 18.1 Å². The summed E-state index contributed by atoms with van der Waals surface area (Å²) < 4.78 is 16.2. The molecule has 0 saturated carbocycles. The number of hydrogen-bond donors (Lipinski definition) is 1. The molecule has 2 aliphatic heterocycles. The van der Waals surface area contributed by atoms with Gasteiger partial charge in [-0.3, -0.25) is 19.3 Å². The van der Waals surface area contributed by atoms with Gasteiger partial charge in [0.05, 0.1) is 6.42 Å². The second-order valence-electron chi connectivity index (χ2n) is 8.28. The Morgan fingerprint density at radius 1 is 1.00 bits per heavy atom. The SMILES string of the molecule is COC1(NC(=O)Cc2ccccc2)C(=O)N2C(C(=O)OCc3ccccc3)=C(COC(C)=O)CS[C@H]21. The molecule has 2 heterocycles. The van der Waals surface area contributed by atoms with Crippen LogP contribution in [0.15, 0.2) is 71.9 Å². The maximum Gasteiger partial charge on any atom is 0.355 e. The Hall–Kier alpha value is -3.63. The fourth-order valence-corrected chi connectivity index (χ4v) is 5.48. The maximum atomic E-state index is 13.4. The Morgan fingerprint density at radius 2 is 1.64 bits per heavy atom. The van der Waals surface area contributed by atoms with E-state index in [1.165, 1.54) is 30.7 Å². The first-order valence-corrected chi connectivity index (χ1v) is 12.3. The fraction of sp³-hybridized carbons (Fsp3) is 0.308. The Kier molecular flexibility index (Phi) is 7.76. The Bertz CT molecular complexity index is 1190. The molecule has 2 aromatic rings. The average molecular weight is 511 g/mol. The van der Waals surface area contributed by atoms with Gasteiger partial charge >= 0.3 is 11.9 Å². The third-order valence-electron chi connectivity index (χ3n) is 5.82. The number of fused-ring (bicyclic) bond motifs is 1. The minimum atomic E-state index is -1.63. The van der Waals surface area contributed by atoms with Crippen molar-refractivity contribution in [3.8, 4) is 0 Å². The van der Waals surface area contributed by atoms with Gasteiger partial charge in [0.1, 0.15) is 24.3 Å². The van der Waals surface area contributed by atoms with Crippen molar-refractivity contribution >= 4 is 35.5 Å². The number of nitrogens with zero attached hydrogens (tertiary/aromatic N) is 1. The molecule has 1 N–H and O–H groups in total. The zero-order valence-electron chi connectivity index (χ0n) is 19.9. The molecule has 0 aromatic heterocycles. The molecule has 1 saturated heterocycles. The molecule has 10 heteroatoms. The fourth-order valence-electron chi connectivity index (χ4n) is 4.06. The number of carbonyl (C=O) groups is 4. The van der Waals surface area contributed by atoms with Gasteiger partial charge in [-0.25, -0.2) is 4.79 Å². The monoisotopic (exact) mass is 510 g/mol. The van der Waals surface area contributed by atoms with E-state index in [0.717, 1.165) is 11.1 Å². The van der Waals surface area contributed by atoms with Gasteiger partial charge in [-0.2, -0.15) is 0 Å². The van der Waals surface area contributed by atoms with Crippen molar-refractivity contribution in [2.24, 2.45) is 0 Å². The van der Waals surface area contributed by atoms with Gasteiger partial charge in [-0.1, -0.05) is 60.7 Å². The number of rotatable bonds is 9. The van der Waals surface area contributed by atoms with E-state index >= 15 is 0 Å². The molecule has 2 amide bonds. The van der Waals surface area contributed by atoms with Gasteiger partial charge in [-0.05, 0) is 11.1 Å². The maximum absolute atomic E-state index is 13.4. The van der Waals surface area contributed by atoms with E-state index in [0.29, 0.717) is 5.57 Å². The lowest BCUT2D eigenvalue weighted by Crippen LogP contribution is -2.80. The molecule has 9 nitrogen and oxygen atoms in total. The van der Waals surface area contributed by atoms with Crippen LogP contribution in [0.4, 0.5) is 0 Å². The number of ether oxygens (including phenoxy) is 3. The Balaban J connectivity index is 1.55. The van der Waals surface area contributed by atoms with Gasteiger partial charge in [0.15, 0.2) is 0 Å². The van der Waals surface area contributed by atoms with Crippen LogP contribution in [0.5, 0.6) is 0 Å². The van der Waals surface area contributed by atoms with E-state index in [9.17, 15) is 19.2 Å². The van der Waals surface area contributed by atoms with E-state index in [1.807, 2.05) is 60.7 Å². The van der Waals surface area contributed by atoms with Crippen molar-refractivity contribution in [2.75, 3.05) is 19.5 Å². The molecule has 2 aliphatic rings. The lowest BCUT2D eigenvalue weighted by atomic mass is 9.97. The van der Waals surface area contributed by atoms with Gasteiger partial charge in [0.2, 0.25) is 5.91 Å². The topological polar surface area (TPSA) is 111 Å². The summed E-state index contributed by atoms with van der Waals surface area (Å²) >= 11 is 1.30. The first-order valence-electron chi connectivity index (χ1n) is 11.3. The van der Waals surface area contributed by atoms with Crippen LogP contribution >= 0.6 is 11.8 Å². The number of thioether (sulfide) groups is 1. The summed E-state index contributed by atoms with van der Waals surface area (Å²) in [6, 6.07) is 18.3. The van der Waals surface area contributed by atoms with Crippen molar-refractivity contribution < 1.29 is 33.4 Å². The summed E-state index contributed by atoms with van der Waals surface area (Å²) in [6.07, 6.45) is 0.0656. The summed E-state index contributed by atoms with van der Waals surface area (Å²) in [7, 11) is 1.34. The third-order valence-corrected chi connectivity index (χ3v) is 7.19. The molecular weight excluding hydrogens is 484 g/mol. The molecule has 0 bridgehead atoms. The van der Waals surface area contributed by atoms with Crippen molar-refractivity contribution in [1.29, 1.82) is 0 Å². The number of nitrogens with one attached hydrogen (secondary N) is 1. The number of esters is 2. The number of benzene rings is 2. The Morgan fingerprint density at radius 3 is 2.25 bits per heavy atom. The van der Waals surface area contributed by atoms with Crippen LogP contribution in [0, 0.1) is 0 Å². The van der Waals surface area contributed by atoms with Crippen molar-refractivity contribution in [3.05, 3.63) is 83.1 Å². The van der Waals surface area contributed by atoms with Crippen LogP contribution in [-0.2, 0) is 46.4 Å². The molecule has 188 valence electrons. The van der Waals surface area contributed by atoms with Crippen molar-refractivity contribution in [1.82, 2.24) is 10.2 Å². The van der Waals surface area contributed by atoms with Crippen LogP contribution in [0.25, 0.3) is 0 Å². The van der Waals surface area contributed by atoms with Crippen molar-refractivity contribution in [3.63, 3.8) is 0 Å². The Labute approximate surface area is 212 Å². The molecule has 36 heavy (non-hydrogen) atoms. The molecule has 0 aliphatic carbocycles. The molecule has 0 radical (unpaired) electrons. The largest absolute Gasteiger partial charge is 0.461 e. The number of methoxy groups -OCH3 is 1. The van der Waals surface area contributed by atoms with Gasteiger partial charge in [0.25, 0.3) is 11.6 Å². The summed E-state index contributed by atoms with van der Waals surface area (Å²) in [4.78, 5) is 52.0. The smallest absolute Gasteiger partial charge is 0.355 e. The molecule has 2 aromatic carbocycles. The molecule has 0 spiro atoms. The number of carbonyl (C=O) groups excluding carboxylic acids is 4. The van der Waals surface area contributed by atoms with Crippen molar-refractivity contribution in [2.45, 2.75) is 31.1 Å². The highest BCUT2D eigenvalue weighted by atomic mass is 32.2. The van der Waals surface area contributed by atoms with Crippen LogP contribution in [-0.4, -0.2) is 59.2 Å². The number of amides is 2. The summed E-state index contributed by atoms with van der Waals surface area (Å²) in [5, 5.41) is 2.03. The molecule has 1 fully saturated rings. The van der Waals surface area contributed by atoms with E-state index in [-0.39, 0.29) is 37.0 Å². The van der Waals surface area contributed by atoms with Crippen LogP contribution in [0.2, 0.25) is 0 Å². The van der Waals surface area contributed by atoms with E-state index in [4.69, 9.17) is 14.2 Å². The lowest BCUT2D eigenvalue weighted by molar-refractivity contribution is -0.193. The third kappa shape index (κ3) is 5.14. The molecular formula is C26H26N2O7S. The second kappa shape index (κ2) is 11.0. The summed E-state index contributed by atoms with van der Waals surface area (Å²) in [5.41, 5.74) is 0.386. The second-order valence-corrected chi connectivity index (χ2v) is 9.35. The van der Waals surface area contributed by atoms with Gasteiger partial charge in [-0.15, -0.1) is 11.8 Å². The number of β-lactam (4-membered cyclic amide) rings is 1. The minimum absolute atomic E-state index is 0.00548. The lowest BCUT2D eigenvalue weighted by Gasteiger charge is -2.55. The highest BCUT2D eigenvalue weighted by Crippen LogP contribution is 2.47. The predicted octanol–water partition coefficient (Wildman–Crippen LogP) is 2.16. The van der Waals surface area contributed by atoms with E-state index in [2.05, 4.69) is 5.32 Å². The zero-order chi connectivity index (χ0) is 25.7. The molecule has 2 atom stereocenters. The number of hydrogen-bond acceptors (Lipinski definition) is 8.